The number of fused-ring (bicyclic) bond motifs is 2. The summed E-state index contributed by atoms with van der Waals surface area (Å²) in [5.74, 6) is 0. The lowest BCUT2D eigenvalue weighted by Gasteiger charge is -2.02. The highest BCUT2D eigenvalue weighted by Gasteiger charge is 2.16. The highest BCUT2D eigenvalue weighted by atomic mass is 35.7. The number of hydrogen-bond acceptors (Lipinski definition) is 5. The van der Waals surface area contributed by atoms with E-state index in [1.807, 2.05) is 6.07 Å². The predicted octanol–water partition coefficient (Wildman–Crippen LogP) is 2.62. The molecule has 8 nitrogen and oxygen atoms in total. The third kappa shape index (κ3) is 4.03. The summed E-state index contributed by atoms with van der Waals surface area (Å²) in [5, 5.41) is 11.5. The normalized spacial score (nSPS) is 11.0. The Hall–Kier alpha value is -2.49. The summed E-state index contributed by atoms with van der Waals surface area (Å²) in [4.78, 5) is 25.8. The molecule has 0 amide bonds. The monoisotopic (exact) mass is 356 g/mol. The van der Waals surface area contributed by atoms with Crippen LogP contribution >= 0.6 is 10.7 Å². The number of non-ortho nitro benzene ring substituents is 1. The van der Waals surface area contributed by atoms with Crippen LogP contribution in [0.15, 0.2) is 47.3 Å². The van der Waals surface area contributed by atoms with Gasteiger partial charge in [0, 0.05) is 27.7 Å². The summed E-state index contributed by atoms with van der Waals surface area (Å²) in [7, 11) is -0.137. The molecule has 0 aliphatic heterocycles. The second-order valence-corrected chi connectivity index (χ2v) is 6.36. The van der Waals surface area contributed by atoms with E-state index in [9.17, 15) is 14.9 Å². The molecule has 3 aromatic rings. The first-order chi connectivity index (χ1) is 10.7. The van der Waals surface area contributed by atoms with Gasteiger partial charge in [-0.15, -0.1) is 0 Å². The van der Waals surface area contributed by atoms with E-state index in [4.69, 9.17) is 13.0 Å². The largest absolute Gasteiger partial charge is 0.354 e. The minimum absolute atomic E-state index is 0.126. The van der Waals surface area contributed by atoms with E-state index in [0.29, 0.717) is 16.4 Å². The number of benzene rings is 2. The number of rotatable bonds is 1. The number of para-hydroxylation sites is 1. The Labute approximate surface area is 133 Å². The average Bonchev–Trinajstić information content (AvgIpc) is 2.45. The zero-order chi connectivity index (χ0) is 17.2. The molecular formula is C13H9ClN2O6S. The first-order valence-electron chi connectivity index (χ1n) is 6.03. The van der Waals surface area contributed by atoms with Crippen LogP contribution in [0.2, 0.25) is 0 Å². The lowest BCUT2D eigenvalue weighted by atomic mass is 10.1. The SMILES string of the molecule is O=S(=O)(O)Cl.O=c1c2ccccc2[nH]c2cccc([N+](=O)[O-])c12. The van der Waals surface area contributed by atoms with E-state index >= 15 is 0 Å². The van der Waals surface area contributed by atoms with Gasteiger partial charge >= 0.3 is 9.33 Å². The number of nitrogens with zero attached hydrogens (tertiary/aromatic N) is 1. The molecule has 23 heavy (non-hydrogen) atoms. The molecule has 2 N–H and O–H groups in total. The molecule has 0 unspecified atom stereocenters. The van der Waals surface area contributed by atoms with Gasteiger partial charge in [0.25, 0.3) is 5.69 Å². The van der Waals surface area contributed by atoms with Crippen molar-refractivity contribution in [1.29, 1.82) is 0 Å². The lowest BCUT2D eigenvalue weighted by molar-refractivity contribution is -0.383. The summed E-state index contributed by atoms with van der Waals surface area (Å²) in [6.07, 6.45) is 0. The molecule has 0 radical (unpaired) electrons. The number of pyridine rings is 1. The van der Waals surface area contributed by atoms with Gasteiger partial charge in [-0.25, -0.2) is 0 Å². The van der Waals surface area contributed by atoms with Gasteiger partial charge in [-0.1, -0.05) is 18.2 Å². The average molecular weight is 357 g/mol. The predicted molar refractivity (Wildman–Crippen MR) is 86.1 cm³/mol. The van der Waals surface area contributed by atoms with Gasteiger partial charge in [0.05, 0.1) is 10.4 Å². The molecule has 0 saturated carbocycles. The molecule has 1 heterocycles. The van der Waals surface area contributed by atoms with Gasteiger partial charge in [-0.3, -0.25) is 19.5 Å². The van der Waals surface area contributed by atoms with Crippen LogP contribution in [0.4, 0.5) is 5.69 Å². The Balaban J connectivity index is 0.000000338. The number of nitro benzene ring substituents is 1. The molecule has 0 saturated heterocycles. The third-order valence-electron chi connectivity index (χ3n) is 2.91. The van der Waals surface area contributed by atoms with Crippen molar-refractivity contribution in [2.75, 3.05) is 0 Å². The summed E-state index contributed by atoms with van der Waals surface area (Å²) in [5.41, 5.74) is 0.676. The van der Waals surface area contributed by atoms with E-state index in [-0.39, 0.29) is 16.5 Å². The number of nitro groups is 1. The number of aromatic amines is 1. The highest BCUT2D eigenvalue weighted by molar-refractivity contribution is 8.09. The van der Waals surface area contributed by atoms with Crippen LogP contribution in [0, 0.1) is 10.1 Å². The molecular weight excluding hydrogens is 348 g/mol. The zero-order valence-electron chi connectivity index (χ0n) is 11.3. The number of hydrogen-bond donors (Lipinski definition) is 2. The van der Waals surface area contributed by atoms with Crippen molar-refractivity contribution in [3.63, 3.8) is 0 Å². The van der Waals surface area contributed by atoms with Crippen LogP contribution in [0.25, 0.3) is 21.8 Å². The summed E-state index contributed by atoms with van der Waals surface area (Å²) in [6, 6.07) is 11.5. The Morgan fingerprint density at radius 2 is 1.65 bits per heavy atom. The van der Waals surface area contributed by atoms with Crippen LogP contribution in [-0.4, -0.2) is 22.9 Å². The van der Waals surface area contributed by atoms with E-state index < -0.39 is 14.3 Å². The van der Waals surface area contributed by atoms with Crippen LogP contribution < -0.4 is 5.43 Å². The molecule has 0 aliphatic rings. The standard InChI is InChI=1S/C13H8N2O3.ClHO3S/c16-13-8-4-1-2-5-9(8)14-10-6-3-7-11(12(10)13)15(17)18;1-5(2,3)4/h1-7H,(H,14,16);(H,2,3,4). The van der Waals surface area contributed by atoms with Crippen molar-refractivity contribution in [3.05, 3.63) is 62.8 Å². The zero-order valence-corrected chi connectivity index (χ0v) is 12.8. The van der Waals surface area contributed by atoms with Crippen molar-refractivity contribution < 1.29 is 17.9 Å². The molecule has 1 aromatic heterocycles. The van der Waals surface area contributed by atoms with E-state index in [0.717, 1.165) is 0 Å². The lowest BCUT2D eigenvalue weighted by Crippen LogP contribution is -2.06. The van der Waals surface area contributed by atoms with Gasteiger partial charge in [0.1, 0.15) is 5.39 Å². The van der Waals surface area contributed by atoms with E-state index in [2.05, 4.69) is 15.7 Å². The van der Waals surface area contributed by atoms with Crippen LogP contribution in [-0.2, 0) is 9.33 Å². The topological polar surface area (TPSA) is 130 Å². The minimum Gasteiger partial charge on any atom is -0.354 e. The number of aromatic nitrogens is 1. The fraction of sp³-hybridized carbons (Fsp3) is 0. The molecule has 0 fully saturated rings. The molecule has 3 rings (SSSR count). The van der Waals surface area contributed by atoms with Crippen molar-refractivity contribution in [2.24, 2.45) is 0 Å². The second-order valence-electron chi connectivity index (χ2n) is 4.37. The number of nitrogens with one attached hydrogen (secondary N) is 1. The van der Waals surface area contributed by atoms with Gasteiger partial charge in [-0.05, 0) is 18.2 Å². The Morgan fingerprint density at radius 3 is 2.26 bits per heavy atom. The Morgan fingerprint density at radius 1 is 1.09 bits per heavy atom. The van der Waals surface area contributed by atoms with Crippen molar-refractivity contribution in [3.8, 4) is 0 Å². The first-order valence-corrected chi connectivity index (χ1v) is 8.30. The number of H-pyrrole nitrogens is 1. The highest BCUT2D eigenvalue weighted by Crippen LogP contribution is 2.23. The smallest absolute Gasteiger partial charge is 0.353 e. The van der Waals surface area contributed by atoms with Gasteiger partial charge < -0.3 is 4.98 Å². The second kappa shape index (κ2) is 6.32. The minimum atomic E-state index is -4.19. The van der Waals surface area contributed by atoms with E-state index in [1.165, 1.54) is 6.07 Å². The van der Waals surface area contributed by atoms with Crippen LogP contribution in [0.1, 0.15) is 0 Å². The van der Waals surface area contributed by atoms with Gasteiger partial charge in [-0.2, -0.15) is 8.42 Å². The van der Waals surface area contributed by atoms with Crippen molar-refractivity contribution >= 4 is 47.5 Å². The summed E-state index contributed by atoms with van der Waals surface area (Å²) in [6.45, 7) is 0. The molecule has 0 atom stereocenters. The fourth-order valence-electron chi connectivity index (χ4n) is 2.10. The molecule has 2 aromatic carbocycles. The maximum absolute atomic E-state index is 12.3. The fourth-order valence-corrected chi connectivity index (χ4v) is 2.10. The van der Waals surface area contributed by atoms with Crippen LogP contribution in [0.3, 0.4) is 0 Å². The van der Waals surface area contributed by atoms with Crippen molar-refractivity contribution in [1.82, 2.24) is 4.98 Å². The van der Waals surface area contributed by atoms with Gasteiger partial charge in [0.15, 0.2) is 0 Å². The van der Waals surface area contributed by atoms with Gasteiger partial charge in [0.2, 0.25) is 5.43 Å². The summed E-state index contributed by atoms with van der Waals surface area (Å²) >= 11 is 0. The molecule has 0 bridgehead atoms. The summed E-state index contributed by atoms with van der Waals surface area (Å²) < 4.78 is 25.2. The van der Waals surface area contributed by atoms with E-state index in [1.54, 1.807) is 30.3 Å². The maximum atomic E-state index is 12.3. The quantitative estimate of drug-likeness (QED) is 0.226. The Bertz CT molecular complexity index is 1050. The maximum Gasteiger partial charge on any atom is 0.353 e. The molecule has 0 aliphatic carbocycles. The third-order valence-corrected chi connectivity index (χ3v) is 2.91. The Kier molecular flexibility index (Phi) is 4.64. The molecule has 10 heteroatoms. The molecule has 0 spiro atoms. The first kappa shape index (κ1) is 16.9. The van der Waals surface area contributed by atoms with Crippen LogP contribution in [0.5, 0.6) is 0 Å². The number of halogens is 1. The molecule has 120 valence electrons. The van der Waals surface area contributed by atoms with Crippen molar-refractivity contribution in [2.45, 2.75) is 0 Å².